The highest BCUT2D eigenvalue weighted by atomic mass is 32.2. The number of hydrogen-bond donors (Lipinski definition) is 1. The SMILES string of the molecule is Cc1ccc(N2C[C@H](c3nnc(SCC(=O)Nc4cccc(F)c4)o3)CC2=O)cc1. The van der Waals surface area contributed by atoms with E-state index in [1.54, 1.807) is 11.0 Å². The van der Waals surface area contributed by atoms with Gasteiger partial charge in [0.1, 0.15) is 5.82 Å². The Morgan fingerprint density at radius 3 is 2.83 bits per heavy atom. The van der Waals surface area contributed by atoms with E-state index >= 15 is 0 Å². The second kappa shape index (κ2) is 8.66. The summed E-state index contributed by atoms with van der Waals surface area (Å²) in [7, 11) is 0. The van der Waals surface area contributed by atoms with Crippen LogP contribution in [0.3, 0.4) is 0 Å². The summed E-state index contributed by atoms with van der Waals surface area (Å²) < 4.78 is 18.8. The highest BCUT2D eigenvalue weighted by molar-refractivity contribution is 7.99. The summed E-state index contributed by atoms with van der Waals surface area (Å²) in [6.45, 7) is 2.46. The summed E-state index contributed by atoms with van der Waals surface area (Å²) in [5.41, 5.74) is 2.35. The highest BCUT2D eigenvalue weighted by Crippen LogP contribution is 2.32. The Labute approximate surface area is 176 Å². The molecule has 1 aromatic heterocycles. The molecule has 1 aliphatic heterocycles. The number of amides is 2. The summed E-state index contributed by atoms with van der Waals surface area (Å²) in [5, 5.41) is 10.9. The van der Waals surface area contributed by atoms with Crippen molar-refractivity contribution in [1.29, 1.82) is 0 Å². The van der Waals surface area contributed by atoms with E-state index in [1.165, 1.54) is 18.2 Å². The van der Waals surface area contributed by atoms with Gasteiger partial charge in [-0.3, -0.25) is 9.59 Å². The van der Waals surface area contributed by atoms with Crippen molar-refractivity contribution in [2.75, 3.05) is 22.5 Å². The molecule has 2 aromatic carbocycles. The van der Waals surface area contributed by atoms with Crippen LogP contribution in [0.2, 0.25) is 0 Å². The van der Waals surface area contributed by atoms with E-state index in [9.17, 15) is 14.0 Å². The first-order valence-electron chi connectivity index (χ1n) is 9.36. The van der Waals surface area contributed by atoms with Gasteiger partial charge in [0.2, 0.25) is 17.7 Å². The molecule has 1 atom stereocenters. The molecule has 0 aliphatic carbocycles. The maximum atomic E-state index is 13.2. The lowest BCUT2D eigenvalue weighted by Crippen LogP contribution is -2.24. The van der Waals surface area contributed by atoms with Crippen LogP contribution >= 0.6 is 11.8 Å². The molecule has 2 heterocycles. The third kappa shape index (κ3) is 4.68. The summed E-state index contributed by atoms with van der Waals surface area (Å²) >= 11 is 1.09. The van der Waals surface area contributed by atoms with E-state index in [0.717, 1.165) is 23.0 Å². The molecule has 1 aliphatic rings. The van der Waals surface area contributed by atoms with Gasteiger partial charge in [-0.1, -0.05) is 35.5 Å². The number of hydrogen-bond acceptors (Lipinski definition) is 6. The number of anilines is 2. The molecule has 3 aromatic rings. The van der Waals surface area contributed by atoms with E-state index < -0.39 is 5.82 Å². The Hall–Kier alpha value is -3.20. The van der Waals surface area contributed by atoms with Crippen LogP contribution in [0.15, 0.2) is 58.2 Å². The lowest BCUT2D eigenvalue weighted by Gasteiger charge is -2.16. The normalized spacial score (nSPS) is 16.1. The van der Waals surface area contributed by atoms with E-state index in [0.29, 0.717) is 24.5 Å². The topological polar surface area (TPSA) is 88.3 Å². The first-order chi connectivity index (χ1) is 14.5. The maximum absolute atomic E-state index is 13.2. The fourth-order valence-corrected chi connectivity index (χ4v) is 3.75. The molecule has 0 bridgehead atoms. The van der Waals surface area contributed by atoms with Crippen molar-refractivity contribution in [1.82, 2.24) is 10.2 Å². The monoisotopic (exact) mass is 426 g/mol. The van der Waals surface area contributed by atoms with Gasteiger partial charge in [-0.25, -0.2) is 4.39 Å². The number of aryl methyl sites for hydroxylation is 1. The van der Waals surface area contributed by atoms with Gasteiger partial charge in [0.05, 0.1) is 11.7 Å². The van der Waals surface area contributed by atoms with Gasteiger partial charge in [0.25, 0.3) is 5.22 Å². The number of thioether (sulfide) groups is 1. The molecule has 4 rings (SSSR count). The van der Waals surface area contributed by atoms with Gasteiger partial charge in [-0.15, -0.1) is 10.2 Å². The first-order valence-corrected chi connectivity index (χ1v) is 10.3. The standard InChI is InChI=1S/C21H19FN4O3S/c1-13-5-7-17(8-6-13)26-11-14(9-19(26)28)20-24-25-21(29-20)30-12-18(27)23-16-4-2-3-15(22)10-16/h2-8,10,14H,9,11-12H2,1H3,(H,23,27)/t14-/m1/s1. The molecule has 7 nitrogen and oxygen atoms in total. The average Bonchev–Trinajstić information content (AvgIpc) is 3.34. The van der Waals surface area contributed by atoms with Gasteiger partial charge >= 0.3 is 0 Å². The zero-order chi connectivity index (χ0) is 21.1. The molecule has 1 fully saturated rings. The second-order valence-corrected chi connectivity index (χ2v) is 7.92. The Bertz CT molecular complexity index is 1070. The number of nitrogens with zero attached hydrogens (tertiary/aromatic N) is 3. The fraction of sp³-hybridized carbons (Fsp3) is 0.238. The van der Waals surface area contributed by atoms with Crippen LogP contribution < -0.4 is 10.2 Å². The van der Waals surface area contributed by atoms with Crippen LogP contribution in [0.1, 0.15) is 23.8 Å². The Morgan fingerprint density at radius 2 is 2.07 bits per heavy atom. The Kier molecular flexibility index (Phi) is 5.80. The van der Waals surface area contributed by atoms with Gasteiger partial charge in [-0.2, -0.15) is 0 Å². The minimum atomic E-state index is -0.423. The Morgan fingerprint density at radius 1 is 1.27 bits per heavy atom. The van der Waals surface area contributed by atoms with Crippen molar-refractivity contribution in [3.63, 3.8) is 0 Å². The van der Waals surface area contributed by atoms with Gasteiger partial charge in [0, 0.05) is 24.3 Å². The number of aromatic nitrogens is 2. The van der Waals surface area contributed by atoms with Crippen molar-refractivity contribution in [2.24, 2.45) is 0 Å². The fourth-order valence-electron chi connectivity index (χ4n) is 3.18. The van der Waals surface area contributed by atoms with Crippen molar-refractivity contribution in [2.45, 2.75) is 24.5 Å². The van der Waals surface area contributed by atoms with Crippen LogP contribution in [0, 0.1) is 12.7 Å². The summed E-state index contributed by atoms with van der Waals surface area (Å²) in [4.78, 5) is 26.2. The van der Waals surface area contributed by atoms with Crippen LogP contribution in [0.4, 0.5) is 15.8 Å². The van der Waals surface area contributed by atoms with Crippen LogP contribution in [0.25, 0.3) is 0 Å². The quantitative estimate of drug-likeness (QED) is 0.604. The zero-order valence-electron chi connectivity index (χ0n) is 16.2. The molecule has 1 N–H and O–H groups in total. The maximum Gasteiger partial charge on any atom is 0.277 e. The van der Waals surface area contributed by atoms with Crippen molar-refractivity contribution >= 4 is 35.0 Å². The van der Waals surface area contributed by atoms with Crippen molar-refractivity contribution < 1.29 is 18.4 Å². The summed E-state index contributed by atoms with van der Waals surface area (Å²) in [5.74, 6) is -0.504. The van der Waals surface area contributed by atoms with Crippen molar-refractivity contribution in [3.05, 3.63) is 65.8 Å². The molecular weight excluding hydrogens is 407 g/mol. The minimum absolute atomic E-state index is 0.00530. The highest BCUT2D eigenvalue weighted by Gasteiger charge is 2.35. The summed E-state index contributed by atoms with van der Waals surface area (Å²) in [6.07, 6.45) is 0.292. The van der Waals surface area contributed by atoms with Gasteiger partial charge in [-0.05, 0) is 37.3 Å². The molecule has 154 valence electrons. The number of carbonyl (C=O) groups excluding carboxylic acids is 2. The second-order valence-electron chi connectivity index (χ2n) is 6.99. The van der Waals surface area contributed by atoms with E-state index in [2.05, 4.69) is 15.5 Å². The van der Waals surface area contributed by atoms with Gasteiger partial charge < -0.3 is 14.6 Å². The van der Waals surface area contributed by atoms with E-state index in [-0.39, 0.29) is 28.7 Å². The molecule has 2 amide bonds. The Balaban J connectivity index is 1.33. The number of nitrogens with one attached hydrogen (secondary N) is 1. The average molecular weight is 426 g/mol. The lowest BCUT2D eigenvalue weighted by atomic mass is 10.1. The molecule has 1 saturated heterocycles. The minimum Gasteiger partial charge on any atom is -0.416 e. The smallest absolute Gasteiger partial charge is 0.277 e. The number of rotatable bonds is 6. The molecule has 0 saturated carbocycles. The molecular formula is C21H19FN4O3S. The number of benzene rings is 2. The molecule has 0 unspecified atom stereocenters. The predicted molar refractivity (Wildman–Crippen MR) is 111 cm³/mol. The number of halogens is 1. The van der Waals surface area contributed by atoms with E-state index in [1.807, 2.05) is 31.2 Å². The first kappa shape index (κ1) is 20.1. The largest absolute Gasteiger partial charge is 0.416 e. The third-order valence-electron chi connectivity index (χ3n) is 4.68. The van der Waals surface area contributed by atoms with Crippen LogP contribution in [-0.4, -0.2) is 34.3 Å². The molecule has 0 radical (unpaired) electrons. The van der Waals surface area contributed by atoms with E-state index in [4.69, 9.17) is 4.42 Å². The molecule has 9 heteroatoms. The third-order valence-corrected chi connectivity index (χ3v) is 5.50. The molecule has 30 heavy (non-hydrogen) atoms. The number of carbonyl (C=O) groups is 2. The van der Waals surface area contributed by atoms with Crippen LogP contribution in [-0.2, 0) is 9.59 Å². The molecule has 0 spiro atoms. The summed E-state index contributed by atoms with van der Waals surface area (Å²) in [6, 6.07) is 13.4. The van der Waals surface area contributed by atoms with Gasteiger partial charge in [0.15, 0.2) is 0 Å². The zero-order valence-corrected chi connectivity index (χ0v) is 17.0. The van der Waals surface area contributed by atoms with Crippen molar-refractivity contribution in [3.8, 4) is 0 Å². The predicted octanol–water partition coefficient (Wildman–Crippen LogP) is 3.77. The van der Waals surface area contributed by atoms with Crippen LogP contribution in [0.5, 0.6) is 0 Å². The lowest BCUT2D eigenvalue weighted by molar-refractivity contribution is -0.117.